The van der Waals surface area contributed by atoms with Gasteiger partial charge in [0.25, 0.3) is 5.91 Å². The number of ether oxygens (including phenoxy) is 1. The number of nitrogens with one attached hydrogen (secondary N) is 1. The number of benzene rings is 2. The first-order valence-electron chi connectivity index (χ1n) is 6.88. The average Bonchev–Trinajstić information content (AvgIpc) is 2.53. The van der Waals surface area contributed by atoms with Gasteiger partial charge in [-0.3, -0.25) is 14.4 Å². The van der Waals surface area contributed by atoms with Crippen LogP contribution in [0.5, 0.6) is 5.75 Å². The summed E-state index contributed by atoms with van der Waals surface area (Å²) in [7, 11) is 0. The van der Waals surface area contributed by atoms with Crippen LogP contribution in [0.1, 0.15) is 20.7 Å². The molecule has 0 saturated heterocycles. The molecule has 0 spiro atoms. The molecule has 2 rings (SSSR count). The number of anilines is 1. The van der Waals surface area contributed by atoms with Gasteiger partial charge in [-0.15, -0.1) is 0 Å². The van der Waals surface area contributed by atoms with Crippen molar-refractivity contribution in [2.75, 3.05) is 11.9 Å². The second kappa shape index (κ2) is 7.87. The Balaban J connectivity index is 2.09. The molecule has 0 fully saturated rings. The highest BCUT2D eigenvalue weighted by Crippen LogP contribution is 2.27. The highest BCUT2D eigenvalue weighted by Gasteiger charge is 2.12. The van der Waals surface area contributed by atoms with Crippen LogP contribution in [0.3, 0.4) is 0 Å². The molecule has 2 aromatic carbocycles. The minimum Gasteiger partial charge on any atom is -0.482 e. The van der Waals surface area contributed by atoms with Gasteiger partial charge in [0.2, 0.25) is 11.8 Å². The number of hydrogen-bond donors (Lipinski definition) is 3. The minimum absolute atomic E-state index is 0.0354. The molecule has 2 aromatic rings. The molecule has 0 aliphatic carbocycles. The van der Waals surface area contributed by atoms with E-state index in [1.165, 1.54) is 30.3 Å². The third kappa shape index (κ3) is 5.10. The van der Waals surface area contributed by atoms with Crippen molar-refractivity contribution in [1.82, 2.24) is 0 Å². The SMILES string of the molecule is NC(=O)c1cc(NC(=O)COc2ccc(Cl)cc2Cl)cc(C(N)=O)c1. The average molecular weight is 382 g/mol. The molecule has 130 valence electrons. The molecule has 0 radical (unpaired) electrons. The Morgan fingerprint density at radius 2 is 1.56 bits per heavy atom. The van der Waals surface area contributed by atoms with Crippen LogP contribution in [-0.4, -0.2) is 24.3 Å². The van der Waals surface area contributed by atoms with Crippen LogP contribution in [-0.2, 0) is 4.79 Å². The summed E-state index contributed by atoms with van der Waals surface area (Å²) in [5.74, 6) is -1.78. The molecule has 0 heterocycles. The number of carbonyl (C=O) groups is 3. The zero-order chi connectivity index (χ0) is 18.6. The summed E-state index contributed by atoms with van der Waals surface area (Å²) in [6, 6.07) is 8.45. The van der Waals surface area contributed by atoms with Crippen LogP contribution in [0.25, 0.3) is 0 Å². The van der Waals surface area contributed by atoms with E-state index in [1.54, 1.807) is 6.07 Å². The van der Waals surface area contributed by atoms with Crippen LogP contribution in [0.15, 0.2) is 36.4 Å². The normalized spacial score (nSPS) is 10.2. The quantitative estimate of drug-likeness (QED) is 0.708. The van der Waals surface area contributed by atoms with E-state index >= 15 is 0 Å². The maximum absolute atomic E-state index is 12.0. The van der Waals surface area contributed by atoms with Crippen molar-refractivity contribution in [3.63, 3.8) is 0 Å². The second-order valence-corrected chi connectivity index (χ2v) is 5.78. The Morgan fingerprint density at radius 3 is 2.08 bits per heavy atom. The fraction of sp³-hybridized carbons (Fsp3) is 0.0625. The Bertz CT molecular complexity index is 823. The van der Waals surface area contributed by atoms with Gasteiger partial charge < -0.3 is 21.5 Å². The predicted octanol–water partition coefficient (Wildman–Crippen LogP) is 2.21. The van der Waals surface area contributed by atoms with Crippen molar-refractivity contribution in [2.45, 2.75) is 0 Å². The van der Waals surface area contributed by atoms with Crippen molar-refractivity contribution in [1.29, 1.82) is 0 Å². The highest BCUT2D eigenvalue weighted by atomic mass is 35.5. The third-order valence-electron chi connectivity index (χ3n) is 3.04. The van der Waals surface area contributed by atoms with Gasteiger partial charge >= 0.3 is 0 Å². The fourth-order valence-electron chi connectivity index (χ4n) is 1.92. The summed E-state index contributed by atoms with van der Waals surface area (Å²) in [6.45, 7) is -0.353. The van der Waals surface area contributed by atoms with E-state index in [1.807, 2.05) is 0 Å². The lowest BCUT2D eigenvalue weighted by Crippen LogP contribution is -2.22. The van der Waals surface area contributed by atoms with Crippen LogP contribution in [0.2, 0.25) is 10.0 Å². The van der Waals surface area contributed by atoms with E-state index in [9.17, 15) is 14.4 Å². The van der Waals surface area contributed by atoms with E-state index in [0.29, 0.717) is 5.02 Å². The molecule has 0 bridgehead atoms. The number of amides is 3. The molecule has 0 atom stereocenters. The number of carbonyl (C=O) groups excluding carboxylic acids is 3. The Kier molecular flexibility index (Phi) is 5.84. The molecular formula is C16H13Cl2N3O4. The largest absolute Gasteiger partial charge is 0.482 e. The van der Waals surface area contributed by atoms with Crippen LogP contribution in [0.4, 0.5) is 5.69 Å². The number of nitrogens with two attached hydrogens (primary N) is 2. The lowest BCUT2D eigenvalue weighted by Gasteiger charge is -2.10. The molecular weight excluding hydrogens is 369 g/mol. The molecule has 0 saturated carbocycles. The minimum atomic E-state index is -0.761. The van der Waals surface area contributed by atoms with Gasteiger partial charge in [-0.25, -0.2) is 0 Å². The van der Waals surface area contributed by atoms with Gasteiger partial charge in [0.05, 0.1) is 5.02 Å². The maximum Gasteiger partial charge on any atom is 0.262 e. The molecule has 9 heteroatoms. The van der Waals surface area contributed by atoms with Gasteiger partial charge in [0.15, 0.2) is 6.61 Å². The molecule has 0 aromatic heterocycles. The van der Waals surface area contributed by atoms with Gasteiger partial charge in [0, 0.05) is 21.8 Å². The highest BCUT2D eigenvalue weighted by molar-refractivity contribution is 6.35. The lowest BCUT2D eigenvalue weighted by atomic mass is 10.1. The first-order valence-corrected chi connectivity index (χ1v) is 7.64. The fourth-order valence-corrected chi connectivity index (χ4v) is 2.38. The second-order valence-electron chi connectivity index (χ2n) is 4.94. The monoisotopic (exact) mass is 381 g/mol. The Labute approximate surface area is 152 Å². The standard InChI is InChI=1S/C16H13Cl2N3O4/c17-10-1-2-13(12(18)6-10)25-7-14(22)21-11-4-8(15(19)23)3-9(5-11)16(20)24/h1-6H,7H2,(H2,19,23)(H2,20,24)(H,21,22). The van der Waals surface area contributed by atoms with E-state index in [2.05, 4.69) is 5.32 Å². The molecule has 25 heavy (non-hydrogen) atoms. The zero-order valence-electron chi connectivity index (χ0n) is 12.7. The van der Waals surface area contributed by atoms with E-state index in [0.717, 1.165) is 0 Å². The van der Waals surface area contributed by atoms with Crippen molar-refractivity contribution in [3.05, 3.63) is 57.6 Å². The van der Waals surface area contributed by atoms with Crippen LogP contribution >= 0.6 is 23.2 Å². The van der Waals surface area contributed by atoms with Gasteiger partial charge in [-0.1, -0.05) is 23.2 Å². The molecule has 7 nitrogen and oxygen atoms in total. The summed E-state index contributed by atoms with van der Waals surface area (Å²) in [5, 5.41) is 3.18. The zero-order valence-corrected chi connectivity index (χ0v) is 14.2. The summed E-state index contributed by atoms with van der Waals surface area (Å²) < 4.78 is 5.30. The van der Waals surface area contributed by atoms with E-state index in [-0.39, 0.29) is 34.2 Å². The molecule has 3 amide bonds. The molecule has 0 aliphatic heterocycles. The smallest absolute Gasteiger partial charge is 0.262 e. The lowest BCUT2D eigenvalue weighted by molar-refractivity contribution is -0.118. The van der Waals surface area contributed by atoms with Crippen LogP contribution < -0.4 is 21.5 Å². The summed E-state index contributed by atoms with van der Waals surface area (Å²) in [4.78, 5) is 34.6. The summed E-state index contributed by atoms with van der Waals surface area (Å²) >= 11 is 11.7. The predicted molar refractivity (Wildman–Crippen MR) is 94.1 cm³/mol. The topological polar surface area (TPSA) is 125 Å². The summed E-state index contributed by atoms with van der Waals surface area (Å²) in [6.07, 6.45) is 0. The number of halogens is 2. The van der Waals surface area contributed by atoms with E-state index < -0.39 is 17.7 Å². The maximum atomic E-state index is 12.0. The van der Waals surface area contributed by atoms with Crippen LogP contribution in [0, 0.1) is 0 Å². The number of rotatable bonds is 6. The third-order valence-corrected chi connectivity index (χ3v) is 3.57. The number of hydrogen-bond acceptors (Lipinski definition) is 4. The van der Waals surface area contributed by atoms with Gasteiger partial charge in [0.1, 0.15) is 5.75 Å². The van der Waals surface area contributed by atoms with Crippen molar-refractivity contribution in [2.24, 2.45) is 11.5 Å². The number of primary amides is 2. The van der Waals surface area contributed by atoms with Crippen molar-refractivity contribution < 1.29 is 19.1 Å². The first-order chi connectivity index (χ1) is 11.8. The molecule has 5 N–H and O–H groups in total. The van der Waals surface area contributed by atoms with Gasteiger partial charge in [-0.2, -0.15) is 0 Å². The van der Waals surface area contributed by atoms with Crippen molar-refractivity contribution in [3.8, 4) is 5.75 Å². The van der Waals surface area contributed by atoms with E-state index in [4.69, 9.17) is 39.4 Å². The molecule has 0 aliphatic rings. The molecule has 0 unspecified atom stereocenters. The Hall–Kier alpha value is -2.77. The van der Waals surface area contributed by atoms with Crippen molar-refractivity contribution >= 4 is 46.6 Å². The first kappa shape index (κ1) is 18.6. The Morgan fingerprint density at radius 1 is 0.960 bits per heavy atom. The summed E-state index contributed by atoms with van der Waals surface area (Å²) in [5.41, 5.74) is 10.6. The van der Waals surface area contributed by atoms with Gasteiger partial charge in [-0.05, 0) is 36.4 Å².